The Bertz CT molecular complexity index is 569. The second-order valence-corrected chi connectivity index (χ2v) is 6.16. The molecule has 0 aliphatic heterocycles. The minimum absolute atomic E-state index is 0.0100. The molecule has 22 heavy (non-hydrogen) atoms. The number of amides is 1. The third-order valence-corrected chi connectivity index (χ3v) is 4.44. The first-order valence-electron chi connectivity index (χ1n) is 7.90. The van der Waals surface area contributed by atoms with E-state index in [1.807, 2.05) is 42.5 Å². The van der Waals surface area contributed by atoms with Crippen molar-refractivity contribution in [2.75, 3.05) is 0 Å². The highest BCUT2D eigenvalue weighted by Crippen LogP contribution is 2.33. The van der Waals surface area contributed by atoms with Crippen LogP contribution >= 0.6 is 0 Å². The summed E-state index contributed by atoms with van der Waals surface area (Å²) < 4.78 is 0. The fraction of sp³-hybridized carbons (Fsp3) is 0.444. The number of carbonyl (C=O) groups excluding carboxylic acids is 1. The summed E-state index contributed by atoms with van der Waals surface area (Å²) in [7, 11) is 0. The topological polar surface area (TPSA) is 57.6 Å². The number of rotatable bonds is 6. The van der Waals surface area contributed by atoms with Crippen LogP contribution in [0.2, 0.25) is 0 Å². The van der Waals surface area contributed by atoms with Crippen molar-refractivity contribution < 1.29 is 14.7 Å². The molecule has 1 amide bonds. The minimum Gasteiger partial charge on any atom is -0.480 e. The Labute approximate surface area is 130 Å². The van der Waals surface area contributed by atoms with Gasteiger partial charge >= 0.3 is 5.97 Å². The maximum Gasteiger partial charge on any atom is 0.326 e. The van der Waals surface area contributed by atoms with Crippen LogP contribution in [-0.4, -0.2) is 34.0 Å². The Balaban J connectivity index is 1.80. The Kier molecular flexibility index (Phi) is 4.27. The third kappa shape index (κ3) is 3.21. The van der Waals surface area contributed by atoms with E-state index in [9.17, 15) is 14.7 Å². The van der Waals surface area contributed by atoms with Crippen LogP contribution in [0.1, 0.15) is 31.2 Å². The Morgan fingerprint density at radius 2 is 1.77 bits per heavy atom. The van der Waals surface area contributed by atoms with Gasteiger partial charge in [0.1, 0.15) is 6.04 Å². The molecule has 1 fully saturated rings. The SMILES string of the molecule is O=C(O)C(Cc1ccccc1)N(C(=O)C1CC=CC1)C1CC1. The number of carboxylic acids is 1. The molecule has 0 bridgehead atoms. The second-order valence-electron chi connectivity index (χ2n) is 6.16. The van der Waals surface area contributed by atoms with Crippen LogP contribution in [0.5, 0.6) is 0 Å². The second kappa shape index (κ2) is 6.34. The van der Waals surface area contributed by atoms with Gasteiger partial charge in [0.05, 0.1) is 0 Å². The Morgan fingerprint density at radius 1 is 1.14 bits per heavy atom. The molecule has 1 unspecified atom stereocenters. The highest BCUT2D eigenvalue weighted by atomic mass is 16.4. The van der Waals surface area contributed by atoms with Crippen molar-refractivity contribution in [1.82, 2.24) is 4.90 Å². The van der Waals surface area contributed by atoms with Crippen LogP contribution in [0.25, 0.3) is 0 Å². The summed E-state index contributed by atoms with van der Waals surface area (Å²) >= 11 is 0. The van der Waals surface area contributed by atoms with E-state index in [-0.39, 0.29) is 17.9 Å². The molecule has 4 heteroatoms. The molecule has 1 aromatic carbocycles. The van der Waals surface area contributed by atoms with E-state index < -0.39 is 12.0 Å². The molecule has 0 radical (unpaired) electrons. The van der Waals surface area contributed by atoms with Gasteiger partial charge in [0.15, 0.2) is 0 Å². The van der Waals surface area contributed by atoms with E-state index in [0.717, 1.165) is 31.2 Å². The lowest BCUT2D eigenvalue weighted by molar-refractivity contribution is -0.152. The van der Waals surface area contributed by atoms with E-state index in [0.29, 0.717) is 6.42 Å². The van der Waals surface area contributed by atoms with Gasteiger partial charge in [-0.1, -0.05) is 42.5 Å². The van der Waals surface area contributed by atoms with Gasteiger partial charge in [0, 0.05) is 18.4 Å². The van der Waals surface area contributed by atoms with Crippen molar-refractivity contribution in [2.24, 2.45) is 5.92 Å². The van der Waals surface area contributed by atoms with Gasteiger partial charge in [-0.25, -0.2) is 4.79 Å². The van der Waals surface area contributed by atoms with Crippen LogP contribution in [0, 0.1) is 5.92 Å². The van der Waals surface area contributed by atoms with Crippen molar-refractivity contribution in [3.05, 3.63) is 48.0 Å². The summed E-state index contributed by atoms with van der Waals surface area (Å²) in [5, 5.41) is 9.66. The van der Waals surface area contributed by atoms with Crippen LogP contribution in [0.3, 0.4) is 0 Å². The summed E-state index contributed by atoms with van der Waals surface area (Å²) in [6.45, 7) is 0. The number of nitrogens with zero attached hydrogens (tertiary/aromatic N) is 1. The summed E-state index contributed by atoms with van der Waals surface area (Å²) in [6.07, 6.45) is 7.72. The zero-order valence-corrected chi connectivity index (χ0v) is 12.5. The third-order valence-electron chi connectivity index (χ3n) is 4.44. The van der Waals surface area contributed by atoms with Crippen molar-refractivity contribution in [3.63, 3.8) is 0 Å². The number of benzene rings is 1. The van der Waals surface area contributed by atoms with Gasteiger partial charge in [-0.2, -0.15) is 0 Å². The zero-order chi connectivity index (χ0) is 15.5. The first-order valence-corrected chi connectivity index (χ1v) is 7.90. The smallest absolute Gasteiger partial charge is 0.326 e. The van der Waals surface area contributed by atoms with Gasteiger partial charge in [-0.3, -0.25) is 4.79 Å². The van der Waals surface area contributed by atoms with Crippen LogP contribution in [-0.2, 0) is 16.0 Å². The Morgan fingerprint density at radius 3 is 2.32 bits per heavy atom. The molecule has 116 valence electrons. The molecule has 1 saturated carbocycles. The molecule has 1 N–H and O–H groups in total. The van der Waals surface area contributed by atoms with Gasteiger partial charge in [-0.05, 0) is 31.2 Å². The molecular weight excluding hydrogens is 278 g/mol. The first-order chi connectivity index (χ1) is 10.7. The summed E-state index contributed by atoms with van der Waals surface area (Å²) in [4.78, 5) is 26.2. The lowest BCUT2D eigenvalue weighted by Crippen LogP contribution is -2.49. The monoisotopic (exact) mass is 299 g/mol. The van der Waals surface area contributed by atoms with Gasteiger partial charge in [-0.15, -0.1) is 0 Å². The highest BCUT2D eigenvalue weighted by molar-refractivity contribution is 5.86. The van der Waals surface area contributed by atoms with Gasteiger partial charge < -0.3 is 10.0 Å². The van der Waals surface area contributed by atoms with Crippen molar-refractivity contribution in [3.8, 4) is 0 Å². The molecule has 0 aromatic heterocycles. The molecule has 1 aromatic rings. The maximum absolute atomic E-state index is 12.8. The van der Waals surface area contributed by atoms with Crippen molar-refractivity contribution in [2.45, 2.75) is 44.2 Å². The number of carboxylic acid groups (broad SMARTS) is 1. The van der Waals surface area contributed by atoms with Crippen molar-refractivity contribution in [1.29, 1.82) is 0 Å². The number of aliphatic carboxylic acids is 1. The van der Waals surface area contributed by atoms with E-state index in [4.69, 9.17) is 0 Å². The lowest BCUT2D eigenvalue weighted by Gasteiger charge is -2.31. The minimum atomic E-state index is -0.907. The molecular formula is C18H21NO3. The van der Waals surface area contributed by atoms with E-state index >= 15 is 0 Å². The molecule has 0 spiro atoms. The molecule has 1 atom stereocenters. The Hall–Kier alpha value is -2.10. The number of allylic oxidation sites excluding steroid dienone is 2. The first kappa shape index (κ1) is 14.8. The molecule has 0 heterocycles. The quantitative estimate of drug-likeness (QED) is 0.822. The predicted octanol–water partition coefficient (Wildman–Crippen LogP) is 2.64. The zero-order valence-electron chi connectivity index (χ0n) is 12.5. The van der Waals surface area contributed by atoms with Crippen LogP contribution < -0.4 is 0 Å². The normalized spacial score (nSPS) is 19.1. The number of hydrogen-bond donors (Lipinski definition) is 1. The van der Waals surface area contributed by atoms with Crippen LogP contribution in [0.4, 0.5) is 0 Å². The van der Waals surface area contributed by atoms with Gasteiger partial charge in [0.2, 0.25) is 5.91 Å². The fourth-order valence-electron chi connectivity index (χ4n) is 3.11. The molecule has 3 rings (SSSR count). The van der Waals surface area contributed by atoms with E-state index in [1.54, 1.807) is 4.90 Å². The average molecular weight is 299 g/mol. The molecule has 0 saturated heterocycles. The molecule has 2 aliphatic rings. The predicted molar refractivity (Wildman–Crippen MR) is 83.3 cm³/mol. The number of hydrogen-bond acceptors (Lipinski definition) is 2. The standard InChI is InChI=1S/C18H21NO3/c20-17(14-8-4-5-9-14)19(15-10-11-15)16(18(21)22)12-13-6-2-1-3-7-13/h1-7,14-16H,8-12H2,(H,21,22). The summed E-state index contributed by atoms with van der Waals surface area (Å²) in [5.74, 6) is -0.968. The molecule has 2 aliphatic carbocycles. The highest BCUT2D eigenvalue weighted by Gasteiger charge is 2.42. The van der Waals surface area contributed by atoms with Crippen LogP contribution in [0.15, 0.2) is 42.5 Å². The molecule has 4 nitrogen and oxygen atoms in total. The van der Waals surface area contributed by atoms with E-state index in [2.05, 4.69) is 0 Å². The van der Waals surface area contributed by atoms with Gasteiger partial charge in [0.25, 0.3) is 0 Å². The summed E-state index contributed by atoms with van der Waals surface area (Å²) in [6, 6.07) is 8.90. The largest absolute Gasteiger partial charge is 0.480 e. The fourth-order valence-corrected chi connectivity index (χ4v) is 3.11. The lowest BCUT2D eigenvalue weighted by atomic mass is 10.00. The number of carbonyl (C=O) groups is 2. The van der Waals surface area contributed by atoms with Crippen molar-refractivity contribution >= 4 is 11.9 Å². The average Bonchev–Trinajstić information content (AvgIpc) is 3.20. The maximum atomic E-state index is 12.8. The van der Waals surface area contributed by atoms with E-state index in [1.165, 1.54) is 0 Å². The summed E-state index contributed by atoms with van der Waals surface area (Å²) in [5.41, 5.74) is 0.956.